The van der Waals surface area contributed by atoms with E-state index in [2.05, 4.69) is 5.32 Å². The van der Waals surface area contributed by atoms with Gasteiger partial charge >= 0.3 is 6.09 Å². The second-order valence-corrected chi connectivity index (χ2v) is 11.6. The Labute approximate surface area is 206 Å². The van der Waals surface area contributed by atoms with Gasteiger partial charge in [0.1, 0.15) is 22.7 Å². The Bertz CT molecular complexity index is 1220. The largest absolute Gasteiger partial charge is 0.619 e. The zero-order valence-electron chi connectivity index (χ0n) is 19.2. The fraction of sp³-hybridized carbons (Fsp3) is 0.455. The number of hydrogen-bond donors (Lipinski definition) is 1. The lowest BCUT2D eigenvalue weighted by atomic mass is 10.0. The Morgan fingerprint density at radius 3 is 2.77 bits per heavy atom. The van der Waals surface area contributed by atoms with Gasteiger partial charge in [0.2, 0.25) is 15.9 Å². The fourth-order valence-corrected chi connectivity index (χ4v) is 6.73. The van der Waals surface area contributed by atoms with Crippen LogP contribution in [-0.2, 0) is 19.6 Å². The van der Waals surface area contributed by atoms with Gasteiger partial charge in [-0.15, -0.1) is 11.3 Å². The molecule has 0 bridgehead atoms. The van der Waals surface area contributed by atoms with Crippen LogP contribution < -0.4 is 14.8 Å². The minimum atomic E-state index is -4.12. The molecule has 11 nitrogen and oxygen atoms in total. The van der Waals surface area contributed by atoms with Crippen LogP contribution in [0, 0.1) is 11.1 Å². The van der Waals surface area contributed by atoms with E-state index in [-0.39, 0.29) is 23.8 Å². The van der Waals surface area contributed by atoms with Gasteiger partial charge in [-0.1, -0.05) is 13.8 Å². The number of carbonyl (C=O) groups is 3. The molecule has 188 valence electrons. The smallest absolute Gasteiger partial charge is 0.413 e. The van der Waals surface area contributed by atoms with E-state index in [1.807, 2.05) is 13.8 Å². The van der Waals surface area contributed by atoms with Crippen LogP contribution in [0.3, 0.4) is 0 Å². The number of Topliss-reactive ketones (excluding diaryl/α,β-unsaturated/α-hetero) is 1. The van der Waals surface area contributed by atoms with Crippen molar-refractivity contribution in [2.45, 2.75) is 49.7 Å². The molecule has 35 heavy (non-hydrogen) atoms. The molecular formula is C22H26N4O7S2. The molecule has 2 saturated heterocycles. The van der Waals surface area contributed by atoms with E-state index in [4.69, 9.17) is 4.74 Å². The molecule has 2 aromatic heterocycles. The third-order valence-electron chi connectivity index (χ3n) is 6.02. The van der Waals surface area contributed by atoms with Gasteiger partial charge < -0.3 is 20.2 Å². The summed E-state index contributed by atoms with van der Waals surface area (Å²) in [6.07, 6.45) is 1.90. The van der Waals surface area contributed by atoms with Crippen molar-refractivity contribution in [3.8, 4) is 5.75 Å². The Morgan fingerprint density at radius 2 is 2.11 bits per heavy atom. The van der Waals surface area contributed by atoms with E-state index in [0.717, 1.165) is 16.7 Å². The second kappa shape index (κ2) is 9.91. The monoisotopic (exact) mass is 522 g/mol. The predicted molar refractivity (Wildman–Crippen MR) is 125 cm³/mol. The highest BCUT2D eigenvalue weighted by atomic mass is 32.2. The first-order valence-corrected chi connectivity index (χ1v) is 13.5. The molecule has 0 aliphatic carbocycles. The number of rotatable bonds is 7. The van der Waals surface area contributed by atoms with Crippen LogP contribution in [0.1, 0.15) is 26.7 Å². The summed E-state index contributed by atoms with van der Waals surface area (Å²) in [5.41, 5.74) is 0. The average molecular weight is 523 g/mol. The molecule has 2 fully saturated rings. The van der Waals surface area contributed by atoms with E-state index in [1.165, 1.54) is 28.4 Å². The van der Waals surface area contributed by atoms with E-state index < -0.39 is 52.5 Å². The number of fused-ring (bicyclic) bond motifs is 1. The van der Waals surface area contributed by atoms with E-state index in [0.29, 0.717) is 16.9 Å². The summed E-state index contributed by atoms with van der Waals surface area (Å²) in [7, 11) is -4.12. The Morgan fingerprint density at radius 1 is 1.34 bits per heavy atom. The van der Waals surface area contributed by atoms with Crippen molar-refractivity contribution in [1.29, 1.82) is 0 Å². The highest BCUT2D eigenvalue weighted by Gasteiger charge is 2.54. The normalized spacial score (nSPS) is 21.2. The zero-order chi connectivity index (χ0) is 25.3. The topological polar surface area (TPSA) is 140 Å². The maximum absolute atomic E-state index is 13.5. The van der Waals surface area contributed by atoms with Crippen LogP contribution in [0.4, 0.5) is 4.79 Å². The third kappa shape index (κ3) is 5.16. The minimum absolute atomic E-state index is 0.0526. The molecule has 0 spiro atoms. The number of sulfonamides is 1. The number of ether oxygens (including phenoxy) is 1. The zero-order valence-corrected chi connectivity index (χ0v) is 20.8. The molecule has 1 N–H and O–H groups in total. The molecule has 13 heteroatoms. The number of carbonyl (C=O) groups excluding carboxylic acids is 3. The van der Waals surface area contributed by atoms with Gasteiger partial charge in [-0.25, -0.2) is 13.2 Å². The summed E-state index contributed by atoms with van der Waals surface area (Å²) in [5.74, 6) is -0.453. The van der Waals surface area contributed by atoms with Crippen LogP contribution in [-0.4, -0.2) is 66.6 Å². The van der Waals surface area contributed by atoms with Crippen LogP contribution in [0.15, 0.2) is 46.2 Å². The van der Waals surface area contributed by atoms with Gasteiger partial charge in [0.05, 0.1) is 12.6 Å². The Hall–Kier alpha value is -3.03. The van der Waals surface area contributed by atoms with Crippen LogP contribution in [0.25, 0.3) is 0 Å². The molecule has 2 amide bonds. The number of nitrogens with one attached hydrogen (secondary N) is 1. The summed E-state index contributed by atoms with van der Waals surface area (Å²) in [6, 6.07) is 1.60. The van der Waals surface area contributed by atoms with Gasteiger partial charge in [0, 0.05) is 18.0 Å². The highest BCUT2D eigenvalue weighted by molar-refractivity contribution is 7.89. The number of pyridine rings is 1. The van der Waals surface area contributed by atoms with Crippen molar-refractivity contribution in [3.05, 3.63) is 46.6 Å². The van der Waals surface area contributed by atoms with E-state index >= 15 is 0 Å². The molecule has 4 heterocycles. The highest BCUT2D eigenvalue weighted by Crippen LogP contribution is 2.34. The SMILES string of the molecule is CC(C)CC(NC(=O)Oc1ccsc1)C(=O)N1CCC2C1C(=O)CN2S(=O)(=O)c1ccc[n+]([O-])c1. The number of nitrogens with zero attached hydrogens (tertiary/aromatic N) is 3. The molecular weight excluding hydrogens is 496 g/mol. The molecule has 3 atom stereocenters. The van der Waals surface area contributed by atoms with Crippen LogP contribution >= 0.6 is 11.3 Å². The summed E-state index contributed by atoms with van der Waals surface area (Å²) in [4.78, 5) is 39.9. The second-order valence-electron chi connectivity index (χ2n) is 8.92. The summed E-state index contributed by atoms with van der Waals surface area (Å²) in [5, 5.41) is 17.6. The molecule has 0 radical (unpaired) electrons. The summed E-state index contributed by atoms with van der Waals surface area (Å²) in [6.45, 7) is 3.57. The Balaban J connectivity index is 1.52. The molecule has 0 saturated carbocycles. The number of amides is 2. The minimum Gasteiger partial charge on any atom is -0.619 e. The molecule has 4 rings (SSSR count). The van der Waals surface area contributed by atoms with Crippen molar-refractivity contribution in [3.63, 3.8) is 0 Å². The van der Waals surface area contributed by atoms with Crippen molar-refractivity contribution < 1.29 is 32.3 Å². The maximum atomic E-state index is 13.5. The van der Waals surface area contributed by atoms with Crippen molar-refractivity contribution >= 4 is 39.1 Å². The van der Waals surface area contributed by atoms with Crippen LogP contribution in [0.5, 0.6) is 5.75 Å². The lowest BCUT2D eigenvalue weighted by molar-refractivity contribution is -0.607. The van der Waals surface area contributed by atoms with Gasteiger partial charge in [-0.05, 0) is 36.3 Å². The number of likely N-dealkylation sites (tertiary alicyclic amines) is 1. The number of ketones is 1. The number of hydrogen-bond acceptors (Lipinski definition) is 8. The van der Waals surface area contributed by atoms with Crippen LogP contribution in [0.2, 0.25) is 0 Å². The number of thiophene rings is 1. The van der Waals surface area contributed by atoms with E-state index in [1.54, 1.807) is 16.8 Å². The number of aromatic nitrogens is 1. The van der Waals surface area contributed by atoms with E-state index in [9.17, 15) is 28.0 Å². The average Bonchev–Trinajstić information content (AvgIpc) is 3.51. The molecule has 2 aromatic rings. The first-order valence-electron chi connectivity index (χ1n) is 11.1. The lowest BCUT2D eigenvalue weighted by Gasteiger charge is -2.28. The fourth-order valence-electron chi connectivity index (χ4n) is 4.54. The van der Waals surface area contributed by atoms with Crippen molar-refractivity contribution in [2.75, 3.05) is 13.1 Å². The first-order chi connectivity index (χ1) is 16.6. The maximum Gasteiger partial charge on any atom is 0.413 e. The molecule has 2 aliphatic rings. The predicted octanol–water partition coefficient (Wildman–Crippen LogP) is 1.13. The molecule has 3 unspecified atom stereocenters. The first kappa shape index (κ1) is 25.1. The van der Waals surface area contributed by atoms with Gasteiger partial charge in [-0.3, -0.25) is 9.59 Å². The lowest BCUT2D eigenvalue weighted by Crippen LogP contribution is -2.53. The van der Waals surface area contributed by atoms with Crippen molar-refractivity contribution in [2.24, 2.45) is 5.92 Å². The van der Waals surface area contributed by atoms with Gasteiger partial charge in [0.25, 0.3) is 0 Å². The molecule has 0 aromatic carbocycles. The third-order valence-corrected chi connectivity index (χ3v) is 8.53. The quantitative estimate of drug-likeness (QED) is 0.425. The van der Waals surface area contributed by atoms with Gasteiger partial charge in [0.15, 0.2) is 18.2 Å². The summed E-state index contributed by atoms with van der Waals surface area (Å²) < 4.78 is 33.0. The Kier molecular flexibility index (Phi) is 7.10. The van der Waals surface area contributed by atoms with Gasteiger partial charge in [-0.2, -0.15) is 9.04 Å². The standard InChI is InChI=1S/C22H26N4O7S2/c1-14(2)10-17(23-22(29)33-15-6-9-34-13-15)21(28)25-8-5-18-20(25)19(27)12-26(18)35(31,32)16-4-3-7-24(30)11-16/h3-4,6-7,9,11,13-14,17-18,20H,5,8,10,12H2,1-2H3,(H,23,29). The summed E-state index contributed by atoms with van der Waals surface area (Å²) >= 11 is 1.36. The van der Waals surface area contributed by atoms with Crippen molar-refractivity contribution in [1.82, 2.24) is 14.5 Å². The molecule has 2 aliphatic heterocycles.